The van der Waals surface area contributed by atoms with Crippen LogP contribution in [0, 0.1) is 6.92 Å². The lowest BCUT2D eigenvalue weighted by Gasteiger charge is -2.10. The first kappa shape index (κ1) is 18.3. The topological polar surface area (TPSA) is 55.1 Å². The van der Waals surface area contributed by atoms with E-state index in [-0.39, 0.29) is 5.91 Å². The molecule has 0 radical (unpaired) electrons. The van der Waals surface area contributed by atoms with Crippen LogP contribution in [0.5, 0.6) is 0 Å². The standard InChI is InChI=1S/C23H20N2O2S/c1-16-12-20(27-25-16)15-28-22-9-5-4-8-21(22)23(26)24-14-17-10-11-18-6-2-3-7-19(18)13-17/h2-13H,14-15H2,1H3,(H,24,26). The average Bonchev–Trinajstić information content (AvgIpc) is 3.15. The number of hydrogen-bond acceptors (Lipinski definition) is 4. The SMILES string of the molecule is Cc1cc(CSc2ccccc2C(=O)NCc2ccc3ccccc3c2)on1. The van der Waals surface area contributed by atoms with Gasteiger partial charge in [-0.3, -0.25) is 4.79 Å². The number of rotatable bonds is 6. The molecule has 0 saturated carbocycles. The zero-order valence-corrected chi connectivity index (χ0v) is 16.3. The summed E-state index contributed by atoms with van der Waals surface area (Å²) in [6.45, 7) is 2.38. The second-order valence-electron chi connectivity index (χ2n) is 6.58. The van der Waals surface area contributed by atoms with Crippen molar-refractivity contribution >= 4 is 28.4 Å². The molecule has 140 valence electrons. The third-order valence-electron chi connectivity index (χ3n) is 4.45. The zero-order valence-electron chi connectivity index (χ0n) is 15.5. The maximum Gasteiger partial charge on any atom is 0.252 e. The summed E-state index contributed by atoms with van der Waals surface area (Å²) in [4.78, 5) is 13.7. The highest BCUT2D eigenvalue weighted by atomic mass is 32.2. The molecule has 0 spiro atoms. The van der Waals surface area contributed by atoms with Crippen LogP contribution in [0.4, 0.5) is 0 Å². The van der Waals surface area contributed by atoms with Gasteiger partial charge in [0.25, 0.3) is 5.91 Å². The summed E-state index contributed by atoms with van der Waals surface area (Å²) in [5.41, 5.74) is 2.61. The molecule has 0 aliphatic rings. The molecule has 3 aromatic carbocycles. The Balaban J connectivity index is 1.43. The molecule has 4 rings (SSSR count). The number of carbonyl (C=O) groups is 1. The van der Waals surface area contributed by atoms with Gasteiger partial charge in [-0.05, 0) is 41.5 Å². The van der Waals surface area contributed by atoms with Crippen molar-refractivity contribution in [1.82, 2.24) is 10.5 Å². The number of amides is 1. The van der Waals surface area contributed by atoms with Gasteiger partial charge in [-0.1, -0.05) is 53.7 Å². The van der Waals surface area contributed by atoms with Gasteiger partial charge in [0.05, 0.1) is 17.0 Å². The van der Waals surface area contributed by atoms with Gasteiger partial charge >= 0.3 is 0 Å². The van der Waals surface area contributed by atoms with E-state index in [0.29, 0.717) is 17.9 Å². The van der Waals surface area contributed by atoms with E-state index in [4.69, 9.17) is 4.52 Å². The summed E-state index contributed by atoms with van der Waals surface area (Å²) in [5, 5.41) is 9.31. The van der Waals surface area contributed by atoms with Gasteiger partial charge in [0.2, 0.25) is 0 Å². The van der Waals surface area contributed by atoms with E-state index in [1.54, 1.807) is 11.8 Å². The molecule has 0 fully saturated rings. The molecule has 0 aliphatic heterocycles. The van der Waals surface area contributed by atoms with Crippen LogP contribution in [0.15, 0.2) is 82.2 Å². The van der Waals surface area contributed by atoms with Crippen LogP contribution in [-0.2, 0) is 12.3 Å². The monoisotopic (exact) mass is 388 g/mol. The summed E-state index contributed by atoms with van der Waals surface area (Å²) in [6.07, 6.45) is 0. The number of hydrogen-bond donors (Lipinski definition) is 1. The molecule has 28 heavy (non-hydrogen) atoms. The second kappa shape index (κ2) is 8.31. The smallest absolute Gasteiger partial charge is 0.252 e. The van der Waals surface area contributed by atoms with Crippen LogP contribution in [0.1, 0.15) is 27.4 Å². The van der Waals surface area contributed by atoms with Crippen LogP contribution in [-0.4, -0.2) is 11.1 Å². The summed E-state index contributed by atoms with van der Waals surface area (Å²) >= 11 is 1.57. The van der Waals surface area contributed by atoms with Crippen molar-refractivity contribution in [2.75, 3.05) is 0 Å². The Morgan fingerprint density at radius 1 is 1.00 bits per heavy atom. The predicted molar refractivity (Wildman–Crippen MR) is 112 cm³/mol. The number of fused-ring (bicyclic) bond motifs is 1. The second-order valence-corrected chi connectivity index (χ2v) is 7.60. The Hall–Kier alpha value is -3.05. The minimum atomic E-state index is -0.0787. The molecule has 4 nitrogen and oxygen atoms in total. The lowest BCUT2D eigenvalue weighted by Crippen LogP contribution is -2.23. The molecule has 1 N–H and O–H groups in total. The van der Waals surface area contributed by atoms with Gasteiger partial charge in [0.15, 0.2) is 0 Å². The molecule has 0 aliphatic carbocycles. The molecule has 0 saturated heterocycles. The first-order chi connectivity index (χ1) is 13.7. The van der Waals surface area contributed by atoms with Gasteiger partial charge in [0.1, 0.15) is 5.76 Å². The van der Waals surface area contributed by atoms with Gasteiger partial charge in [-0.2, -0.15) is 0 Å². The normalized spacial score (nSPS) is 10.9. The van der Waals surface area contributed by atoms with Crippen molar-refractivity contribution < 1.29 is 9.32 Å². The molecule has 0 unspecified atom stereocenters. The number of nitrogens with one attached hydrogen (secondary N) is 1. The van der Waals surface area contributed by atoms with Crippen molar-refractivity contribution in [3.63, 3.8) is 0 Å². The van der Waals surface area contributed by atoms with E-state index in [1.165, 1.54) is 10.8 Å². The van der Waals surface area contributed by atoms with Crippen molar-refractivity contribution in [3.8, 4) is 0 Å². The molecule has 1 heterocycles. The Bertz CT molecular complexity index is 1120. The number of aryl methyl sites for hydroxylation is 1. The van der Waals surface area contributed by atoms with Crippen LogP contribution >= 0.6 is 11.8 Å². The van der Waals surface area contributed by atoms with Crippen LogP contribution < -0.4 is 5.32 Å². The minimum absolute atomic E-state index is 0.0787. The average molecular weight is 388 g/mol. The zero-order chi connectivity index (χ0) is 19.3. The van der Waals surface area contributed by atoms with Crippen molar-refractivity contribution in [1.29, 1.82) is 0 Å². The fourth-order valence-corrected chi connectivity index (χ4v) is 3.96. The largest absolute Gasteiger partial charge is 0.360 e. The third kappa shape index (κ3) is 4.26. The van der Waals surface area contributed by atoms with Crippen LogP contribution in [0.2, 0.25) is 0 Å². The molecule has 0 atom stereocenters. The maximum absolute atomic E-state index is 12.8. The minimum Gasteiger partial charge on any atom is -0.360 e. The molecule has 1 amide bonds. The molecule has 0 bridgehead atoms. The number of carbonyl (C=O) groups excluding carboxylic acids is 1. The van der Waals surface area contributed by atoms with Crippen LogP contribution in [0.3, 0.4) is 0 Å². The Morgan fingerprint density at radius 2 is 1.79 bits per heavy atom. The highest BCUT2D eigenvalue weighted by Crippen LogP contribution is 2.26. The van der Waals surface area contributed by atoms with E-state index < -0.39 is 0 Å². The highest BCUT2D eigenvalue weighted by molar-refractivity contribution is 7.98. The van der Waals surface area contributed by atoms with Crippen LogP contribution in [0.25, 0.3) is 10.8 Å². The Kier molecular flexibility index (Phi) is 5.44. The summed E-state index contributed by atoms with van der Waals surface area (Å²) in [6, 6.07) is 24.0. The van der Waals surface area contributed by atoms with E-state index >= 15 is 0 Å². The number of aromatic nitrogens is 1. The quantitative estimate of drug-likeness (QED) is 0.452. The lowest BCUT2D eigenvalue weighted by atomic mass is 10.1. The first-order valence-corrected chi connectivity index (χ1v) is 10.1. The van der Waals surface area contributed by atoms with E-state index in [9.17, 15) is 4.79 Å². The molecule has 4 aromatic rings. The molecule has 5 heteroatoms. The van der Waals surface area contributed by atoms with Crippen molar-refractivity contribution in [3.05, 3.63) is 95.4 Å². The fourth-order valence-electron chi connectivity index (χ4n) is 3.04. The maximum atomic E-state index is 12.8. The van der Waals surface area contributed by atoms with Gasteiger partial charge < -0.3 is 9.84 Å². The number of benzene rings is 3. The summed E-state index contributed by atoms with van der Waals surface area (Å²) < 4.78 is 5.26. The molecular weight excluding hydrogens is 368 g/mol. The van der Waals surface area contributed by atoms with Gasteiger partial charge in [-0.15, -0.1) is 11.8 Å². The number of thioether (sulfide) groups is 1. The van der Waals surface area contributed by atoms with E-state index in [0.717, 1.165) is 21.9 Å². The highest BCUT2D eigenvalue weighted by Gasteiger charge is 2.12. The van der Waals surface area contributed by atoms with E-state index in [2.05, 4.69) is 40.8 Å². The van der Waals surface area contributed by atoms with Gasteiger partial charge in [-0.25, -0.2) is 0 Å². The third-order valence-corrected chi connectivity index (χ3v) is 5.54. The lowest BCUT2D eigenvalue weighted by molar-refractivity contribution is 0.0948. The Labute approximate surface area is 167 Å². The van der Waals surface area contributed by atoms with E-state index in [1.807, 2.05) is 49.4 Å². The van der Waals surface area contributed by atoms with Crippen molar-refractivity contribution in [2.24, 2.45) is 0 Å². The fraction of sp³-hybridized carbons (Fsp3) is 0.130. The van der Waals surface area contributed by atoms with Gasteiger partial charge in [0, 0.05) is 17.5 Å². The summed E-state index contributed by atoms with van der Waals surface area (Å²) in [7, 11) is 0. The predicted octanol–water partition coefficient (Wildman–Crippen LogP) is 5.36. The Morgan fingerprint density at radius 3 is 2.61 bits per heavy atom. The number of nitrogens with zero attached hydrogens (tertiary/aromatic N) is 1. The molecule has 1 aromatic heterocycles. The van der Waals surface area contributed by atoms with Crippen molar-refractivity contribution in [2.45, 2.75) is 24.1 Å². The summed E-state index contributed by atoms with van der Waals surface area (Å²) in [5.74, 6) is 1.36. The first-order valence-electron chi connectivity index (χ1n) is 9.09. The molecular formula is C23H20N2O2S.